The monoisotopic (exact) mass is 388 g/mol. The van der Waals surface area contributed by atoms with E-state index in [4.69, 9.17) is 4.74 Å². The summed E-state index contributed by atoms with van der Waals surface area (Å²) in [6.45, 7) is 5.32. The van der Waals surface area contributed by atoms with Crippen LogP contribution >= 0.6 is 0 Å². The van der Waals surface area contributed by atoms with Crippen LogP contribution in [0.3, 0.4) is 0 Å². The van der Waals surface area contributed by atoms with Crippen LogP contribution in [0, 0.1) is 13.8 Å². The summed E-state index contributed by atoms with van der Waals surface area (Å²) in [5.74, 6) is 0.925. The van der Waals surface area contributed by atoms with E-state index < -0.39 is 0 Å². The third kappa shape index (κ3) is 5.45. The first-order chi connectivity index (χ1) is 13.9. The van der Waals surface area contributed by atoms with Crippen molar-refractivity contribution in [2.45, 2.75) is 20.8 Å². The molecule has 148 valence electrons. The van der Waals surface area contributed by atoms with Crippen LogP contribution in [0.15, 0.2) is 72.8 Å². The number of amides is 2. The summed E-state index contributed by atoms with van der Waals surface area (Å²) in [6, 6.07) is 22.4. The quantitative estimate of drug-likeness (QED) is 0.640. The third-order valence-corrected chi connectivity index (χ3v) is 4.47. The molecule has 0 aromatic heterocycles. The maximum absolute atomic E-state index is 12.5. The van der Waals surface area contributed by atoms with Crippen molar-refractivity contribution >= 4 is 23.2 Å². The van der Waals surface area contributed by atoms with E-state index in [9.17, 15) is 9.59 Å². The van der Waals surface area contributed by atoms with Crippen LogP contribution < -0.4 is 15.0 Å². The standard InChI is InChI=1S/C24H24N2O3/c1-17-9-14-23(18(2)15-17)25-24(28)16-26(19(3)27)20-10-12-22(13-11-20)29-21-7-5-4-6-8-21/h4-15H,16H2,1-3H3,(H,25,28). The summed E-state index contributed by atoms with van der Waals surface area (Å²) in [5, 5.41) is 2.88. The van der Waals surface area contributed by atoms with Crippen LogP contribution in [-0.4, -0.2) is 18.4 Å². The molecule has 3 aromatic rings. The Kier molecular flexibility index (Phi) is 6.29. The Balaban J connectivity index is 1.69. The second kappa shape index (κ2) is 9.06. The predicted octanol–water partition coefficient (Wildman–Crippen LogP) is 5.09. The molecule has 0 fully saturated rings. The number of benzene rings is 3. The smallest absolute Gasteiger partial charge is 0.244 e. The molecule has 0 radical (unpaired) electrons. The minimum atomic E-state index is -0.253. The van der Waals surface area contributed by atoms with Crippen molar-refractivity contribution < 1.29 is 14.3 Å². The molecule has 0 aliphatic carbocycles. The minimum absolute atomic E-state index is 0.0679. The van der Waals surface area contributed by atoms with E-state index >= 15 is 0 Å². The molecule has 3 rings (SSSR count). The van der Waals surface area contributed by atoms with Crippen molar-refractivity contribution in [3.63, 3.8) is 0 Å². The lowest BCUT2D eigenvalue weighted by Gasteiger charge is -2.21. The van der Waals surface area contributed by atoms with Crippen molar-refractivity contribution in [1.82, 2.24) is 0 Å². The first-order valence-electron chi connectivity index (χ1n) is 9.40. The molecule has 0 saturated carbocycles. The number of nitrogens with one attached hydrogen (secondary N) is 1. The van der Waals surface area contributed by atoms with Gasteiger partial charge in [0.15, 0.2) is 0 Å². The second-order valence-electron chi connectivity index (χ2n) is 6.88. The number of ether oxygens (including phenoxy) is 1. The van der Waals surface area contributed by atoms with Gasteiger partial charge in [0.1, 0.15) is 18.0 Å². The fraction of sp³-hybridized carbons (Fsp3) is 0.167. The van der Waals surface area contributed by atoms with Crippen molar-refractivity contribution in [1.29, 1.82) is 0 Å². The number of nitrogens with zero attached hydrogens (tertiary/aromatic N) is 1. The Morgan fingerprint density at radius 1 is 0.897 bits per heavy atom. The lowest BCUT2D eigenvalue weighted by molar-refractivity contribution is -0.120. The van der Waals surface area contributed by atoms with Gasteiger partial charge in [0.05, 0.1) is 0 Å². The van der Waals surface area contributed by atoms with E-state index in [-0.39, 0.29) is 18.4 Å². The zero-order valence-electron chi connectivity index (χ0n) is 16.8. The summed E-state index contributed by atoms with van der Waals surface area (Å²) < 4.78 is 5.77. The SMILES string of the molecule is CC(=O)N(CC(=O)Nc1ccc(C)cc1C)c1ccc(Oc2ccccc2)cc1. The molecule has 29 heavy (non-hydrogen) atoms. The van der Waals surface area contributed by atoms with E-state index in [1.54, 1.807) is 24.3 Å². The van der Waals surface area contributed by atoms with Gasteiger partial charge in [-0.15, -0.1) is 0 Å². The highest BCUT2D eigenvalue weighted by Gasteiger charge is 2.16. The number of carbonyl (C=O) groups is 2. The first-order valence-corrected chi connectivity index (χ1v) is 9.40. The zero-order chi connectivity index (χ0) is 20.8. The van der Waals surface area contributed by atoms with Crippen LogP contribution in [0.4, 0.5) is 11.4 Å². The number of carbonyl (C=O) groups excluding carboxylic acids is 2. The van der Waals surface area contributed by atoms with Crippen LogP contribution in [0.2, 0.25) is 0 Å². The van der Waals surface area contributed by atoms with Crippen LogP contribution in [-0.2, 0) is 9.59 Å². The molecule has 0 aliphatic heterocycles. The first kappa shape index (κ1) is 20.1. The fourth-order valence-electron chi connectivity index (χ4n) is 2.99. The van der Waals surface area contributed by atoms with Gasteiger partial charge in [0.25, 0.3) is 0 Å². The van der Waals surface area contributed by atoms with Crippen LogP contribution in [0.5, 0.6) is 11.5 Å². The van der Waals surface area contributed by atoms with Gasteiger partial charge >= 0.3 is 0 Å². The fourth-order valence-corrected chi connectivity index (χ4v) is 2.99. The molecule has 0 spiro atoms. The molecule has 1 N–H and O–H groups in total. The van der Waals surface area contributed by atoms with E-state index in [1.165, 1.54) is 11.8 Å². The number of para-hydroxylation sites is 1. The highest BCUT2D eigenvalue weighted by Crippen LogP contribution is 2.24. The van der Waals surface area contributed by atoms with E-state index in [2.05, 4.69) is 5.32 Å². The molecule has 3 aromatic carbocycles. The maximum Gasteiger partial charge on any atom is 0.244 e. The van der Waals surface area contributed by atoms with Gasteiger partial charge in [-0.05, 0) is 61.9 Å². The molecule has 0 unspecified atom stereocenters. The summed E-state index contributed by atoms with van der Waals surface area (Å²) in [7, 11) is 0. The highest BCUT2D eigenvalue weighted by atomic mass is 16.5. The number of hydrogen-bond acceptors (Lipinski definition) is 3. The van der Waals surface area contributed by atoms with E-state index in [0.29, 0.717) is 11.4 Å². The molecule has 5 nitrogen and oxygen atoms in total. The Hall–Kier alpha value is -3.60. The Labute approximate surface area is 170 Å². The van der Waals surface area contributed by atoms with Crippen molar-refractivity contribution in [3.8, 4) is 11.5 Å². The average Bonchev–Trinajstić information content (AvgIpc) is 2.70. The Morgan fingerprint density at radius 3 is 2.17 bits per heavy atom. The van der Waals surface area contributed by atoms with Gasteiger partial charge in [-0.3, -0.25) is 9.59 Å². The summed E-state index contributed by atoms with van der Waals surface area (Å²) in [4.78, 5) is 26.1. The third-order valence-electron chi connectivity index (χ3n) is 4.47. The van der Waals surface area contributed by atoms with Gasteiger partial charge in [0.2, 0.25) is 11.8 Å². The lowest BCUT2D eigenvalue weighted by atomic mass is 10.1. The molecular weight excluding hydrogens is 364 g/mol. The molecule has 5 heteroatoms. The maximum atomic E-state index is 12.5. The molecule has 0 atom stereocenters. The van der Waals surface area contributed by atoms with Gasteiger partial charge in [-0.2, -0.15) is 0 Å². The normalized spacial score (nSPS) is 10.3. The van der Waals surface area contributed by atoms with Gasteiger partial charge < -0.3 is 15.0 Å². The summed E-state index contributed by atoms with van der Waals surface area (Å²) in [6.07, 6.45) is 0. The molecule has 0 bridgehead atoms. The van der Waals surface area contributed by atoms with E-state index in [1.807, 2.05) is 62.4 Å². The van der Waals surface area contributed by atoms with Gasteiger partial charge in [-0.1, -0.05) is 35.9 Å². The largest absolute Gasteiger partial charge is 0.457 e. The topological polar surface area (TPSA) is 58.6 Å². The summed E-state index contributed by atoms with van der Waals surface area (Å²) in [5.41, 5.74) is 3.49. The van der Waals surface area contributed by atoms with Crippen molar-refractivity contribution in [3.05, 3.63) is 83.9 Å². The molecule has 0 aliphatic rings. The van der Waals surface area contributed by atoms with E-state index in [0.717, 1.165) is 22.6 Å². The predicted molar refractivity (Wildman–Crippen MR) is 116 cm³/mol. The highest BCUT2D eigenvalue weighted by molar-refractivity contribution is 6.02. The van der Waals surface area contributed by atoms with Gasteiger partial charge in [0, 0.05) is 18.3 Å². The second-order valence-corrected chi connectivity index (χ2v) is 6.88. The van der Waals surface area contributed by atoms with Crippen molar-refractivity contribution in [2.75, 3.05) is 16.8 Å². The number of rotatable bonds is 6. The number of aryl methyl sites for hydroxylation is 2. The summed E-state index contributed by atoms with van der Waals surface area (Å²) >= 11 is 0. The molecule has 2 amide bonds. The average molecular weight is 388 g/mol. The van der Waals surface area contributed by atoms with Gasteiger partial charge in [-0.25, -0.2) is 0 Å². The number of anilines is 2. The Bertz CT molecular complexity index is 998. The number of hydrogen-bond donors (Lipinski definition) is 1. The van der Waals surface area contributed by atoms with Crippen molar-refractivity contribution in [2.24, 2.45) is 0 Å². The van der Waals surface area contributed by atoms with Crippen LogP contribution in [0.1, 0.15) is 18.1 Å². The van der Waals surface area contributed by atoms with Crippen LogP contribution in [0.25, 0.3) is 0 Å². The zero-order valence-corrected chi connectivity index (χ0v) is 16.8. The molecular formula is C24H24N2O3. The Morgan fingerprint density at radius 2 is 1.55 bits per heavy atom. The minimum Gasteiger partial charge on any atom is -0.457 e. The molecule has 0 saturated heterocycles. The lowest BCUT2D eigenvalue weighted by Crippen LogP contribution is -2.36. The molecule has 0 heterocycles.